The van der Waals surface area contributed by atoms with E-state index in [9.17, 15) is 17.6 Å². The van der Waals surface area contributed by atoms with Gasteiger partial charge in [0.15, 0.2) is 0 Å². The standard InChI is InChI=1S/C20H25FN6O5S/c1-12(2)31-20(28)27-7-5-13(6-8-27)32-19-15(10-22)18(24-11-25-19)26-17-4-3-14(9-16(17)21)33(23,29)30/h3-4,9-13,22H,5-8H2,1-2H3,(H2,23,29,30)(H,24,25,26). The highest BCUT2D eigenvalue weighted by molar-refractivity contribution is 7.89. The first-order valence-electron chi connectivity index (χ1n) is 10.2. The molecule has 13 heteroatoms. The van der Waals surface area contributed by atoms with Crippen LogP contribution >= 0.6 is 0 Å². The number of aromatic nitrogens is 2. The number of ether oxygens (including phenoxy) is 2. The fourth-order valence-electron chi connectivity index (χ4n) is 3.20. The molecule has 11 nitrogen and oxygen atoms in total. The predicted molar refractivity (Wildman–Crippen MR) is 118 cm³/mol. The predicted octanol–water partition coefficient (Wildman–Crippen LogP) is 2.39. The Kier molecular flexibility index (Phi) is 7.43. The van der Waals surface area contributed by atoms with Crippen LogP contribution in [-0.4, -0.2) is 60.9 Å². The van der Waals surface area contributed by atoms with Gasteiger partial charge in [0.05, 0.1) is 22.3 Å². The number of nitrogens with one attached hydrogen (secondary N) is 2. The van der Waals surface area contributed by atoms with Gasteiger partial charge in [0.2, 0.25) is 15.9 Å². The van der Waals surface area contributed by atoms with Crippen LogP contribution in [0.15, 0.2) is 29.4 Å². The lowest BCUT2D eigenvalue weighted by molar-refractivity contribution is 0.0507. The topological polar surface area (TPSA) is 161 Å². The van der Waals surface area contributed by atoms with Crippen molar-refractivity contribution < 1.29 is 27.1 Å². The number of primary sulfonamides is 1. The van der Waals surface area contributed by atoms with Gasteiger partial charge in [-0.25, -0.2) is 32.7 Å². The van der Waals surface area contributed by atoms with Gasteiger partial charge < -0.3 is 25.1 Å². The lowest BCUT2D eigenvalue weighted by Gasteiger charge is -2.32. The third-order valence-corrected chi connectivity index (χ3v) is 5.74. The molecule has 1 aromatic carbocycles. The minimum absolute atomic E-state index is 0.0628. The summed E-state index contributed by atoms with van der Waals surface area (Å²) in [6.07, 6.45) is 2.45. The zero-order valence-corrected chi connectivity index (χ0v) is 18.9. The van der Waals surface area contributed by atoms with Crippen molar-refractivity contribution >= 4 is 33.8 Å². The number of amides is 1. The Morgan fingerprint density at radius 3 is 2.61 bits per heavy atom. The Balaban J connectivity index is 1.71. The van der Waals surface area contributed by atoms with Crippen molar-refractivity contribution in [2.24, 2.45) is 5.14 Å². The van der Waals surface area contributed by atoms with E-state index in [4.69, 9.17) is 20.0 Å². The maximum absolute atomic E-state index is 14.4. The fourth-order valence-corrected chi connectivity index (χ4v) is 3.72. The van der Waals surface area contributed by atoms with Gasteiger partial charge >= 0.3 is 6.09 Å². The molecule has 2 aromatic rings. The summed E-state index contributed by atoms with van der Waals surface area (Å²) >= 11 is 0. The Labute approximate surface area is 190 Å². The number of nitrogens with two attached hydrogens (primary N) is 1. The van der Waals surface area contributed by atoms with Crippen LogP contribution in [0.2, 0.25) is 0 Å². The lowest BCUT2D eigenvalue weighted by Crippen LogP contribution is -2.42. The van der Waals surface area contributed by atoms with Crippen LogP contribution in [0, 0.1) is 11.2 Å². The third-order valence-electron chi connectivity index (χ3n) is 4.83. The number of carbonyl (C=O) groups excluding carboxylic acids is 1. The molecule has 0 atom stereocenters. The van der Waals surface area contributed by atoms with Gasteiger partial charge in [0.25, 0.3) is 0 Å². The summed E-state index contributed by atoms with van der Waals surface area (Å²) in [5, 5.41) is 15.5. The summed E-state index contributed by atoms with van der Waals surface area (Å²) in [5.41, 5.74) is 0.126. The van der Waals surface area contributed by atoms with Gasteiger partial charge in [-0.1, -0.05) is 0 Å². The molecule has 1 fully saturated rings. The van der Waals surface area contributed by atoms with Crippen LogP contribution < -0.4 is 15.2 Å². The van der Waals surface area contributed by atoms with Gasteiger partial charge in [0, 0.05) is 32.1 Å². The molecule has 0 saturated carbocycles. The molecule has 1 saturated heterocycles. The number of rotatable bonds is 7. The molecule has 1 amide bonds. The molecule has 2 heterocycles. The number of nitrogens with zero attached hydrogens (tertiary/aromatic N) is 3. The monoisotopic (exact) mass is 480 g/mol. The third kappa shape index (κ3) is 6.14. The second-order valence-electron chi connectivity index (χ2n) is 7.63. The molecule has 4 N–H and O–H groups in total. The van der Waals surface area contributed by atoms with Gasteiger partial charge in [-0.2, -0.15) is 0 Å². The summed E-state index contributed by atoms with van der Waals surface area (Å²) in [6, 6.07) is 3.15. The zero-order chi connectivity index (χ0) is 24.2. The van der Waals surface area contributed by atoms with E-state index in [1.165, 1.54) is 12.4 Å². The number of benzene rings is 1. The van der Waals surface area contributed by atoms with Gasteiger partial charge in [0.1, 0.15) is 24.1 Å². The Hall–Kier alpha value is -3.32. The molecule has 33 heavy (non-hydrogen) atoms. The minimum atomic E-state index is -4.05. The van der Waals surface area contributed by atoms with Crippen LogP contribution in [-0.2, 0) is 14.8 Å². The number of hydrogen-bond acceptors (Lipinski definition) is 9. The second kappa shape index (κ2) is 10.1. The van der Waals surface area contributed by atoms with Crippen LogP contribution in [0.25, 0.3) is 0 Å². The van der Waals surface area contributed by atoms with Crippen molar-refractivity contribution in [3.05, 3.63) is 35.9 Å². The second-order valence-corrected chi connectivity index (χ2v) is 9.20. The van der Waals surface area contributed by atoms with E-state index < -0.39 is 15.8 Å². The van der Waals surface area contributed by atoms with Gasteiger partial charge in [-0.15, -0.1) is 0 Å². The molecular weight excluding hydrogens is 455 g/mol. The highest BCUT2D eigenvalue weighted by Crippen LogP contribution is 2.28. The van der Waals surface area contributed by atoms with Crippen molar-refractivity contribution in [2.75, 3.05) is 18.4 Å². The number of likely N-dealkylation sites (tertiary alicyclic amines) is 1. The van der Waals surface area contributed by atoms with Crippen LogP contribution in [0.4, 0.5) is 20.7 Å². The largest absolute Gasteiger partial charge is 0.474 e. The number of sulfonamides is 1. The summed E-state index contributed by atoms with van der Waals surface area (Å²) < 4.78 is 48.3. The average molecular weight is 481 g/mol. The smallest absolute Gasteiger partial charge is 0.410 e. The Morgan fingerprint density at radius 2 is 2.03 bits per heavy atom. The molecule has 1 aliphatic rings. The molecule has 0 radical (unpaired) electrons. The normalized spacial score (nSPS) is 14.8. The maximum atomic E-state index is 14.4. The first-order valence-corrected chi connectivity index (χ1v) is 11.7. The number of halogens is 1. The van der Waals surface area contributed by atoms with Crippen LogP contribution in [0.1, 0.15) is 32.3 Å². The highest BCUT2D eigenvalue weighted by atomic mass is 32.2. The van der Waals surface area contributed by atoms with Crippen molar-refractivity contribution in [3.8, 4) is 5.88 Å². The number of anilines is 2. The molecule has 0 bridgehead atoms. The van der Waals surface area contributed by atoms with E-state index >= 15 is 0 Å². The zero-order valence-electron chi connectivity index (χ0n) is 18.1. The van der Waals surface area contributed by atoms with Gasteiger partial charge in [-0.05, 0) is 32.0 Å². The summed E-state index contributed by atoms with van der Waals surface area (Å²) in [5.74, 6) is -0.623. The molecule has 0 unspecified atom stereocenters. The molecule has 178 valence electrons. The van der Waals surface area contributed by atoms with E-state index in [0.29, 0.717) is 25.9 Å². The SMILES string of the molecule is CC(C)OC(=O)N1CCC(Oc2ncnc(Nc3ccc(S(N)(=O)=O)cc3F)c2C=N)CC1. The van der Waals surface area contributed by atoms with Gasteiger partial charge in [-0.3, -0.25) is 0 Å². The summed E-state index contributed by atoms with van der Waals surface area (Å²) in [6.45, 7) is 4.48. The molecule has 0 spiro atoms. The summed E-state index contributed by atoms with van der Waals surface area (Å²) in [7, 11) is -4.05. The summed E-state index contributed by atoms with van der Waals surface area (Å²) in [4.78, 5) is 21.4. The van der Waals surface area contributed by atoms with Crippen molar-refractivity contribution in [1.29, 1.82) is 5.41 Å². The maximum Gasteiger partial charge on any atom is 0.410 e. The molecule has 1 aromatic heterocycles. The van der Waals surface area contributed by atoms with E-state index in [1.807, 2.05) is 0 Å². The number of carbonyl (C=O) groups is 1. The van der Waals surface area contributed by atoms with E-state index in [2.05, 4.69) is 15.3 Å². The number of piperidine rings is 1. The van der Waals surface area contributed by atoms with Crippen LogP contribution in [0.5, 0.6) is 5.88 Å². The van der Waals surface area contributed by atoms with E-state index in [1.54, 1.807) is 18.7 Å². The fraction of sp³-hybridized carbons (Fsp3) is 0.400. The van der Waals surface area contributed by atoms with Crippen LogP contribution in [0.3, 0.4) is 0 Å². The molecule has 3 rings (SSSR count). The molecule has 0 aliphatic carbocycles. The van der Waals surface area contributed by atoms with Crippen molar-refractivity contribution in [3.63, 3.8) is 0 Å². The lowest BCUT2D eigenvalue weighted by atomic mass is 10.1. The van der Waals surface area contributed by atoms with Crippen molar-refractivity contribution in [1.82, 2.24) is 14.9 Å². The van der Waals surface area contributed by atoms with Crippen molar-refractivity contribution in [2.45, 2.75) is 43.8 Å². The van der Waals surface area contributed by atoms with E-state index in [-0.39, 0.29) is 46.1 Å². The minimum Gasteiger partial charge on any atom is -0.474 e. The molecule has 1 aliphatic heterocycles. The Morgan fingerprint density at radius 1 is 1.33 bits per heavy atom. The first kappa shape index (κ1) is 24.3. The van der Waals surface area contributed by atoms with E-state index in [0.717, 1.165) is 18.3 Å². The molecular formula is C20H25FN6O5S. The average Bonchev–Trinajstić information content (AvgIpc) is 2.74. The quantitative estimate of drug-likeness (QED) is 0.509. The first-order chi connectivity index (χ1) is 15.6. The Bertz CT molecular complexity index is 1140. The highest BCUT2D eigenvalue weighted by Gasteiger charge is 2.26. The number of hydrogen-bond donors (Lipinski definition) is 3.